The van der Waals surface area contributed by atoms with Crippen molar-refractivity contribution in [2.45, 2.75) is 25.7 Å². The van der Waals surface area contributed by atoms with Gasteiger partial charge in [-0.25, -0.2) is 0 Å². The summed E-state index contributed by atoms with van der Waals surface area (Å²) in [6.45, 7) is 0. The minimum absolute atomic E-state index is 0.0131. The molecule has 0 unspecified atom stereocenters. The molecule has 0 atom stereocenters. The lowest BCUT2D eigenvalue weighted by Crippen LogP contribution is -2.10. The molecule has 1 rings (SSSR count). The van der Waals surface area contributed by atoms with Crippen LogP contribution in [0.25, 0.3) is 0 Å². The number of rotatable bonds is 5. The van der Waals surface area contributed by atoms with Crippen molar-refractivity contribution >= 4 is 11.6 Å². The molecule has 78 valence electrons. The largest absolute Gasteiger partial charge is 0.326 e. The molecule has 0 spiro atoms. The highest BCUT2D eigenvalue weighted by Crippen LogP contribution is 2.07. The first-order chi connectivity index (χ1) is 7.33. The molecule has 0 saturated heterocycles. The Labute approximate surface area is 89.7 Å². The van der Waals surface area contributed by atoms with Crippen LogP contribution in [0.2, 0.25) is 0 Å². The van der Waals surface area contributed by atoms with E-state index in [0.29, 0.717) is 12.8 Å². The fraction of sp³-hybridized carbons (Fsp3) is 0.333. The van der Waals surface area contributed by atoms with Gasteiger partial charge in [-0.1, -0.05) is 18.2 Å². The Morgan fingerprint density at radius 1 is 1.27 bits per heavy atom. The highest BCUT2D eigenvalue weighted by molar-refractivity contribution is 5.90. The van der Waals surface area contributed by atoms with Crippen LogP contribution in [-0.4, -0.2) is 5.91 Å². The Kier molecular flexibility index (Phi) is 4.96. The second-order valence-corrected chi connectivity index (χ2v) is 3.28. The number of hydrogen-bond acceptors (Lipinski definition) is 2. The average Bonchev–Trinajstić information content (AvgIpc) is 2.26. The van der Waals surface area contributed by atoms with Crippen LogP contribution in [0.4, 0.5) is 5.69 Å². The van der Waals surface area contributed by atoms with Gasteiger partial charge in [0, 0.05) is 18.5 Å². The molecule has 0 fully saturated rings. The number of amides is 1. The number of nitrogens with zero attached hydrogens (tertiary/aromatic N) is 1. The van der Waals surface area contributed by atoms with Gasteiger partial charge in [-0.15, -0.1) is 0 Å². The monoisotopic (exact) mass is 202 g/mol. The molecule has 0 heterocycles. The molecule has 0 radical (unpaired) electrons. The molecule has 1 amide bonds. The second kappa shape index (κ2) is 6.61. The Morgan fingerprint density at radius 2 is 2.00 bits per heavy atom. The van der Waals surface area contributed by atoms with Gasteiger partial charge in [0.2, 0.25) is 5.91 Å². The van der Waals surface area contributed by atoms with Gasteiger partial charge in [0.05, 0.1) is 6.07 Å². The maximum absolute atomic E-state index is 11.4. The molecule has 3 nitrogen and oxygen atoms in total. The Bertz CT molecular complexity index is 340. The van der Waals surface area contributed by atoms with E-state index in [1.807, 2.05) is 30.3 Å². The van der Waals surface area contributed by atoms with Crippen LogP contribution in [0.1, 0.15) is 25.7 Å². The van der Waals surface area contributed by atoms with Gasteiger partial charge in [-0.3, -0.25) is 4.79 Å². The van der Waals surface area contributed by atoms with Crippen LogP contribution in [0.5, 0.6) is 0 Å². The maximum Gasteiger partial charge on any atom is 0.224 e. The van der Waals surface area contributed by atoms with E-state index in [1.54, 1.807) is 0 Å². The predicted octanol–water partition coefficient (Wildman–Crippen LogP) is 2.71. The molecule has 1 N–H and O–H groups in total. The lowest BCUT2D eigenvalue weighted by molar-refractivity contribution is -0.116. The zero-order valence-electron chi connectivity index (χ0n) is 8.57. The van der Waals surface area contributed by atoms with E-state index < -0.39 is 0 Å². The molecule has 1 aromatic rings. The van der Waals surface area contributed by atoms with Crippen molar-refractivity contribution in [3.8, 4) is 6.07 Å². The van der Waals surface area contributed by atoms with Gasteiger partial charge < -0.3 is 5.32 Å². The summed E-state index contributed by atoms with van der Waals surface area (Å²) in [5.41, 5.74) is 0.822. The molecular formula is C12H14N2O. The molecule has 15 heavy (non-hydrogen) atoms. The van der Waals surface area contributed by atoms with Gasteiger partial charge >= 0.3 is 0 Å². The van der Waals surface area contributed by atoms with Crippen LogP contribution in [0.3, 0.4) is 0 Å². The molecule has 1 aromatic carbocycles. The lowest BCUT2D eigenvalue weighted by Gasteiger charge is -2.03. The molecule has 0 aliphatic heterocycles. The third-order valence-corrected chi connectivity index (χ3v) is 2.00. The highest BCUT2D eigenvalue weighted by atomic mass is 16.1. The zero-order chi connectivity index (χ0) is 10.9. The van der Waals surface area contributed by atoms with Gasteiger partial charge in [0.15, 0.2) is 0 Å². The topological polar surface area (TPSA) is 52.9 Å². The van der Waals surface area contributed by atoms with Crippen LogP contribution in [0, 0.1) is 11.3 Å². The van der Waals surface area contributed by atoms with Crippen LogP contribution in [0.15, 0.2) is 30.3 Å². The van der Waals surface area contributed by atoms with Gasteiger partial charge in [-0.05, 0) is 25.0 Å². The lowest BCUT2D eigenvalue weighted by atomic mass is 10.2. The number of hydrogen-bond donors (Lipinski definition) is 1. The first-order valence-electron chi connectivity index (χ1n) is 5.05. The molecule has 0 saturated carbocycles. The zero-order valence-corrected chi connectivity index (χ0v) is 8.57. The van der Waals surface area contributed by atoms with E-state index in [9.17, 15) is 4.79 Å². The number of para-hydroxylation sites is 1. The van der Waals surface area contributed by atoms with Crippen LogP contribution < -0.4 is 5.32 Å². The van der Waals surface area contributed by atoms with E-state index in [1.165, 1.54) is 0 Å². The third kappa shape index (κ3) is 4.82. The van der Waals surface area contributed by atoms with Crippen molar-refractivity contribution in [1.82, 2.24) is 0 Å². The predicted molar refractivity (Wildman–Crippen MR) is 59.2 cm³/mol. The molecule has 0 aliphatic rings. The van der Waals surface area contributed by atoms with Crippen molar-refractivity contribution in [2.24, 2.45) is 0 Å². The van der Waals surface area contributed by atoms with E-state index in [4.69, 9.17) is 5.26 Å². The Morgan fingerprint density at radius 3 is 2.67 bits per heavy atom. The van der Waals surface area contributed by atoms with Crippen molar-refractivity contribution in [3.05, 3.63) is 30.3 Å². The third-order valence-electron chi connectivity index (χ3n) is 2.00. The summed E-state index contributed by atoms with van der Waals surface area (Å²) in [5.74, 6) is 0.0131. The molecule has 0 bridgehead atoms. The van der Waals surface area contributed by atoms with Crippen LogP contribution in [-0.2, 0) is 4.79 Å². The summed E-state index contributed by atoms with van der Waals surface area (Å²) < 4.78 is 0. The fourth-order valence-corrected chi connectivity index (χ4v) is 1.23. The van der Waals surface area contributed by atoms with Crippen molar-refractivity contribution in [3.63, 3.8) is 0 Å². The minimum atomic E-state index is 0.0131. The standard InChI is InChI=1S/C12H14N2O/c13-10-6-2-5-9-12(15)14-11-7-3-1-4-8-11/h1,3-4,7-8H,2,5-6,9H2,(H,14,15). The number of benzene rings is 1. The quantitative estimate of drug-likeness (QED) is 0.746. The van der Waals surface area contributed by atoms with E-state index in [-0.39, 0.29) is 5.91 Å². The van der Waals surface area contributed by atoms with Crippen molar-refractivity contribution < 1.29 is 4.79 Å². The summed E-state index contributed by atoms with van der Waals surface area (Å²) in [6, 6.07) is 11.4. The minimum Gasteiger partial charge on any atom is -0.326 e. The number of nitriles is 1. The number of carbonyl (C=O) groups excluding carboxylic acids is 1. The normalized spacial score (nSPS) is 9.27. The number of unbranched alkanes of at least 4 members (excludes halogenated alkanes) is 2. The number of anilines is 1. The first kappa shape index (κ1) is 11.3. The molecule has 0 aliphatic carbocycles. The summed E-state index contributed by atoms with van der Waals surface area (Å²) in [4.78, 5) is 11.4. The van der Waals surface area contributed by atoms with Crippen molar-refractivity contribution in [1.29, 1.82) is 5.26 Å². The first-order valence-corrected chi connectivity index (χ1v) is 5.05. The Hall–Kier alpha value is -1.82. The molecule has 0 aromatic heterocycles. The van der Waals surface area contributed by atoms with Gasteiger partial charge in [0.1, 0.15) is 0 Å². The van der Waals surface area contributed by atoms with Gasteiger partial charge in [0.25, 0.3) is 0 Å². The second-order valence-electron chi connectivity index (χ2n) is 3.28. The van der Waals surface area contributed by atoms with Crippen LogP contribution >= 0.6 is 0 Å². The summed E-state index contributed by atoms with van der Waals surface area (Å²) in [7, 11) is 0. The van der Waals surface area contributed by atoms with Gasteiger partial charge in [-0.2, -0.15) is 5.26 Å². The van der Waals surface area contributed by atoms with E-state index >= 15 is 0 Å². The SMILES string of the molecule is N#CCCCCC(=O)Nc1ccccc1. The fourth-order valence-electron chi connectivity index (χ4n) is 1.23. The smallest absolute Gasteiger partial charge is 0.224 e. The van der Waals surface area contributed by atoms with E-state index in [2.05, 4.69) is 11.4 Å². The van der Waals surface area contributed by atoms with E-state index in [0.717, 1.165) is 18.5 Å². The number of carbonyl (C=O) groups is 1. The number of nitrogens with one attached hydrogen (secondary N) is 1. The summed E-state index contributed by atoms with van der Waals surface area (Å²) in [5, 5.41) is 11.1. The molecule has 3 heteroatoms. The molecular weight excluding hydrogens is 188 g/mol. The Balaban J connectivity index is 2.22. The van der Waals surface area contributed by atoms with Crippen molar-refractivity contribution in [2.75, 3.05) is 5.32 Å². The average molecular weight is 202 g/mol. The summed E-state index contributed by atoms with van der Waals surface area (Å²) in [6.07, 6.45) is 2.57. The maximum atomic E-state index is 11.4. The highest BCUT2D eigenvalue weighted by Gasteiger charge is 2.00. The summed E-state index contributed by atoms with van der Waals surface area (Å²) >= 11 is 0.